The van der Waals surface area contributed by atoms with E-state index in [1.54, 1.807) is 11.8 Å². The van der Waals surface area contributed by atoms with E-state index < -0.39 is 6.10 Å². The summed E-state index contributed by atoms with van der Waals surface area (Å²) in [6, 6.07) is 18.2. The van der Waals surface area contributed by atoms with Gasteiger partial charge in [-0.3, -0.25) is 9.59 Å². The minimum Gasteiger partial charge on any atom is -0.452 e. The Kier molecular flexibility index (Phi) is 5.93. The standard InChI is InChI=1S/C24H29N3O3/c1-17-16-21(20-10-6-7-11-22(20)25-17)24(29)30-18(2)23(28)27-14-12-26(13-15-27)19-8-4-3-5-9-19/h3-11,17-18,21,25H,12-16H2,1-2H3/t17-,18+,21-/m1/s1. The number of para-hydroxylation sites is 2. The molecule has 3 atom stereocenters. The fourth-order valence-corrected chi connectivity index (χ4v) is 4.35. The Morgan fingerprint density at radius 1 is 1.00 bits per heavy atom. The molecule has 158 valence electrons. The first kappa shape index (κ1) is 20.3. The molecule has 0 radical (unpaired) electrons. The van der Waals surface area contributed by atoms with E-state index in [1.165, 1.54) is 5.69 Å². The van der Waals surface area contributed by atoms with Gasteiger partial charge in [0.2, 0.25) is 0 Å². The first-order valence-corrected chi connectivity index (χ1v) is 10.7. The molecule has 2 aliphatic rings. The van der Waals surface area contributed by atoms with Crippen molar-refractivity contribution in [1.82, 2.24) is 4.90 Å². The van der Waals surface area contributed by atoms with Gasteiger partial charge in [-0.15, -0.1) is 0 Å². The molecule has 0 bridgehead atoms. The Morgan fingerprint density at radius 3 is 2.40 bits per heavy atom. The lowest BCUT2D eigenvalue weighted by Gasteiger charge is -2.37. The van der Waals surface area contributed by atoms with E-state index in [4.69, 9.17) is 4.74 Å². The van der Waals surface area contributed by atoms with Crippen molar-refractivity contribution >= 4 is 23.3 Å². The highest BCUT2D eigenvalue weighted by molar-refractivity contribution is 5.87. The second kappa shape index (κ2) is 8.78. The largest absolute Gasteiger partial charge is 0.452 e. The lowest BCUT2D eigenvalue weighted by molar-refractivity contribution is -0.160. The fourth-order valence-electron chi connectivity index (χ4n) is 4.35. The van der Waals surface area contributed by atoms with Crippen molar-refractivity contribution in [3.63, 3.8) is 0 Å². The molecule has 6 heteroatoms. The number of carbonyl (C=O) groups is 2. The van der Waals surface area contributed by atoms with Gasteiger partial charge in [0.25, 0.3) is 5.91 Å². The minimum absolute atomic E-state index is 0.119. The highest BCUT2D eigenvalue weighted by Crippen LogP contribution is 2.35. The Labute approximate surface area is 177 Å². The summed E-state index contributed by atoms with van der Waals surface area (Å²) < 4.78 is 5.65. The van der Waals surface area contributed by atoms with Crippen LogP contribution in [0, 0.1) is 0 Å². The number of ether oxygens (including phenoxy) is 1. The van der Waals surface area contributed by atoms with Crippen molar-refractivity contribution in [2.45, 2.75) is 38.3 Å². The zero-order chi connectivity index (χ0) is 21.1. The molecule has 1 saturated heterocycles. The van der Waals surface area contributed by atoms with Gasteiger partial charge in [0.1, 0.15) is 0 Å². The van der Waals surface area contributed by atoms with Crippen molar-refractivity contribution in [3.05, 3.63) is 60.2 Å². The summed E-state index contributed by atoms with van der Waals surface area (Å²) in [4.78, 5) is 29.9. The molecule has 2 aliphatic heterocycles. The quantitative estimate of drug-likeness (QED) is 0.789. The first-order valence-electron chi connectivity index (χ1n) is 10.7. The van der Waals surface area contributed by atoms with Crippen LogP contribution >= 0.6 is 0 Å². The lowest BCUT2D eigenvalue weighted by atomic mass is 9.87. The molecule has 0 aliphatic carbocycles. The summed E-state index contributed by atoms with van der Waals surface area (Å²) >= 11 is 0. The van der Waals surface area contributed by atoms with Crippen molar-refractivity contribution in [1.29, 1.82) is 0 Å². The molecule has 4 rings (SSSR count). The number of nitrogens with one attached hydrogen (secondary N) is 1. The maximum absolute atomic E-state index is 12.9. The van der Waals surface area contributed by atoms with Crippen LogP contribution in [-0.2, 0) is 14.3 Å². The number of amides is 1. The third-order valence-electron chi connectivity index (χ3n) is 5.97. The number of rotatable bonds is 4. The van der Waals surface area contributed by atoms with Crippen molar-refractivity contribution in [3.8, 4) is 0 Å². The molecule has 2 aromatic rings. The highest BCUT2D eigenvalue weighted by Gasteiger charge is 2.34. The van der Waals surface area contributed by atoms with Gasteiger partial charge in [0, 0.05) is 43.6 Å². The van der Waals surface area contributed by atoms with Crippen LogP contribution in [0.3, 0.4) is 0 Å². The van der Waals surface area contributed by atoms with Gasteiger partial charge in [0.05, 0.1) is 5.92 Å². The maximum Gasteiger partial charge on any atom is 0.314 e. The predicted octanol–water partition coefficient (Wildman–Crippen LogP) is 3.25. The number of fused-ring (bicyclic) bond motifs is 1. The molecule has 0 saturated carbocycles. The van der Waals surface area contributed by atoms with Crippen LogP contribution in [0.2, 0.25) is 0 Å². The van der Waals surface area contributed by atoms with Gasteiger partial charge < -0.3 is 19.9 Å². The molecule has 0 aromatic heterocycles. The summed E-state index contributed by atoms with van der Waals surface area (Å²) in [6.45, 7) is 6.54. The number of anilines is 2. The summed E-state index contributed by atoms with van der Waals surface area (Å²) in [6.07, 6.45) is -0.120. The van der Waals surface area contributed by atoms with Crippen LogP contribution in [0.4, 0.5) is 11.4 Å². The van der Waals surface area contributed by atoms with Crippen molar-refractivity contribution in [2.24, 2.45) is 0 Å². The van der Waals surface area contributed by atoms with Crippen LogP contribution in [0.15, 0.2) is 54.6 Å². The number of esters is 1. The molecule has 30 heavy (non-hydrogen) atoms. The summed E-state index contributed by atoms with van der Waals surface area (Å²) in [7, 11) is 0. The third-order valence-corrected chi connectivity index (χ3v) is 5.97. The van der Waals surface area contributed by atoms with Crippen LogP contribution in [-0.4, -0.2) is 55.1 Å². The average Bonchev–Trinajstić information content (AvgIpc) is 2.78. The summed E-state index contributed by atoms with van der Waals surface area (Å²) in [5.74, 6) is -0.784. The molecule has 1 N–H and O–H groups in total. The topological polar surface area (TPSA) is 61.9 Å². The molecule has 0 unspecified atom stereocenters. The number of nitrogens with zero attached hydrogens (tertiary/aromatic N) is 2. The van der Waals surface area contributed by atoms with Crippen molar-refractivity contribution < 1.29 is 14.3 Å². The number of piperazine rings is 1. The Bertz CT molecular complexity index is 894. The Balaban J connectivity index is 1.35. The second-order valence-electron chi connectivity index (χ2n) is 8.15. The normalized spacial score (nSPS) is 21.9. The number of carbonyl (C=O) groups excluding carboxylic acids is 2. The van der Waals surface area contributed by atoms with Crippen LogP contribution in [0.25, 0.3) is 0 Å². The van der Waals surface area contributed by atoms with Gasteiger partial charge in [0.15, 0.2) is 6.10 Å². The minimum atomic E-state index is -0.780. The lowest BCUT2D eigenvalue weighted by Crippen LogP contribution is -2.51. The number of benzene rings is 2. The van der Waals surface area contributed by atoms with E-state index in [-0.39, 0.29) is 23.8 Å². The van der Waals surface area contributed by atoms with Gasteiger partial charge in [-0.1, -0.05) is 36.4 Å². The monoisotopic (exact) mass is 407 g/mol. The van der Waals surface area contributed by atoms with E-state index in [0.29, 0.717) is 19.5 Å². The van der Waals surface area contributed by atoms with E-state index in [0.717, 1.165) is 24.3 Å². The molecule has 0 spiro atoms. The number of hydrogen-bond acceptors (Lipinski definition) is 5. The maximum atomic E-state index is 12.9. The molecular formula is C24H29N3O3. The average molecular weight is 408 g/mol. The SMILES string of the molecule is C[C@@H]1C[C@@H](C(=O)O[C@@H](C)C(=O)N2CCN(c3ccccc3)CC2)c2ccccc2N1. The Hall–Kier alpha value is -3.02. The fraction of sp³-hybridized carbons (Fsp3) is 0.417. The van der Waals surface area contributed by atoms with Crippen molar-refractivity contribution in [2.75, 3.05) is 36.4 Å². The van der Waals surface area contributed by atoms with Crippen LogP contribution < -0.4 is 10.2 Å². The molecular weight excluding hydrogens is 378 g/mol. The van der Waals surface area contributed by atoms with Gasteiger partial charge in [-0.25, -0.2) is 0 Å². The van der Waals surface area contributed by atoms with Gasteiger partial charge >= 0.3 is 5.97 Å². The summed E-state index contributed by atoms with van der Waals surface area (Å²) in [5.41, 5.74) is 3.08. The third kappa shape index (κ3) is 4.27. The van der Waals surface area contributed by atoms with Gasteiger partial charge in [-0.05, 0) is 44.0 Å². The molecule has 2 aromatic carbocycles. The van der Waals surface area contributed by atoms with E-state index >= 15 is 0 Å². The zero-order valence-electron chi connectivity index (χ0n) is 17.6. The number of hydrogen-bond donors (Lipinski definition) is 1. The summed E-state index contributed by atoms with van der Waals surface area (Å²) in [5, 5.41) is 3.40. The zero-order valence-corrected chi connectivity index (χ0v) is 17.6. The molecule has 1 amide bonds. The van der Waals surface area contributed by atoms with Gasteiger partial charge in [-0.2, -0.15) is 0 Å². The predicted molar refractivity (Wildman–Crippen MR) is 118 cm³/mol. The first-order chi connectivity index (χ1) is 14.5. The van der Waals surface area contributed by atoms with E-state index in [2.05, 4.69) is 29.3 Å². The highest BCUT2D eigenvalue weighted by atomic mass is 16.5. The molecule has 6 nitrogen and oxygen atoms in total. The van der Waals surface area contributed by atoms with Crippen LogP contribution in [0.5, 0.6) is 0 Å². The van der Waals surface area contributed by atoms with E-state index in [9.17, 15) is 9.59 Å². The smallest absolute Gasteiger partial charge is 0.314 e. The second-order valence-corrected chi connectivity index (χ2v) is 8.15. The Morgan fingerprint density at radius 2 is 1.67 bits per heavy atom. The molecule has 1 fully saturated rings. The van der Waals surface area contributed by atoms with E-state index in [1.807, 2.05) is 42.5 Å². The molecule has 2 heterocycles. The van der Waals surface area contributed by atoms with Crippen LogP contribution in [0.1, 0.15) is 31.7 Å².